The molecule has 1 aromatic carbocycles. The zero-order valence-electron chi connectivity index (χ0n) is 22.3. The van der Waals surface area contributed by atoms with Crippen molar-refractivity contribution in [2.24, 2.45) is 23.2 Å². The Morgan fingerprint density at radius 2 is 2.00 bits per heavy atom. The lowest BCUT2D eigenvalue weighted by Crippen LogP contribution is -2.53. The lowest BCUT2D eigenvalue weighted by molar-refractivity contribution is -0.135. The van der Waals surface area contributed by atoms with Crippen molar-refractivity contribution in [3.8, 4) is 0 Å². The van der Waals surface area contributed by atoms with E-state index in [4.69, 9.17) is 4.74 Å². The molecule has 0 saturated heterocycles. The highest BCUT2D eigenvalue weighted by atomic mass is 32.2. The summed E-state index contributed by atoms with van der Waals surface area (Å²) in [6, 6.07) is 7.90. The number of anilines is 1. The smallest absolute Gasteiger partial charge is 0.241 e. The number of hydrogen-bond acceptors (Lipinski definition) is 8. The second-order valence-electron chi connectivity index (χ2n) is 10.9. The number of aliphatic hydroxyl groups is 1. The van der Waals surface area contributed by atoms with Gasteiger partial charge in [-0.2, -0.15) is 0 Å². The Morgan fingerprint density at radius 3 is 2.68 bits per heavy atom. The van der Waals surface area contributed by atoms with E-state index in [1.54, 1.807) is 25.3 Å². The molecule has 11 heteroatoms. The Kier molecular flexibility index (Phi) is 8.61. The Balaban J connectivity index is 1.47. The van der Waals surface area contributed by atoms with Gasteiger partial charge in [0.25, 0.3) is 0 Å². The van der Waals surface area contributed by atoms with Crippen molar-refractivity contribution in [1.82, 2.24) is 10.3 Å². The van der Waals surface area contributed by atoms with E-state index in [1.165, 1.54) is 23.5 Å². The minimum absolute atomic E-state index is 0.0806. The topological polar surface area (TPSA) is 135 Å². The molecular formula is C27H37N3O6S2. The number of sulfone groups is 1. The summed E-state index contributed by atoms with van der Waals surface area (Å²) in [6.45, 7) is 6.97. The van der Waals surface area contributed by atoms with E-state index in [-0.39, 0.29) is 39.9 Å². The molecule has 4 rings (SSSR count). The fourth-order valence-corrected chi connectivity index (χ4v) is 8.71. The van der Waals surface area contributed by atoms with Crippen LogP contribution in [-0.4, -0.2) is 62.4 Å². The Bertz CT molecular complexity index is 1260. The number of nitrogens with zero attached hydrogens (tertiary/aromatic N) is 1. The largest absolute Gasteiger partial charge is 0.392 e. The SMILES string of the molecule is COCCNC(=O)[C@@H](C)[C@@H]1CC[C@]2(C)Cc3sc(NC(=O)CS(=O)(=O)c4ccccc4)nc3[C@@H](C)[C@@H]2[C@H]1O. The van der Waals surface area contributed by atoms with Crippen LogP contribution in [0.3, 0.4) is 0 Å². The van der Waals surface area contributed by atoms with Gasteiger partial charge < -0.3 is 20.5 Å². The third-order valence-corrected chi connectivity index (χ3v) is 10.9. The van der Waals surface area contributed by atoms with Crippen LogP contribution in [0.4, 0.5) is 5.13 Å². The van der Waals surface area contributed by atoms with Crippen LogP contribution < -0.4 is 10.6 Å². The van der Waals surface area contributed by atoms with Crippen LogP contribution >= 0.6 is 11.3 Å². The average Bonchev–Trinajstić information content (AvgIpc) is 3.25. The number of methoxy groups -OCH3 is 1. The van der Waals surface area contributed by atoms with Crippen LogP contribution in [0.15, 0.2) is 35.2 Å². The third-order valence-electron chi connectivity index (χ3n) is 8.25. The first-order chi connectivity index (χ1) is 18.0. The second kappa shape index (κ2) is 11.4. The van der Waals surface area contributed by atoms with Crippen LogP contribution in [0, 0.1) is 23.2 Å². The fraction of sp³-hybridized carbons (Fsp3) is 0.593. The lowest BCUT2D eigenvalue weighted by atomic mass is 9.53. The molecule has 0 unspecified atom stereocenters. The van der Waals surface area contributed by atoms with Crippen molar-refractivity contribution in [2.75, 3.05) is 31.3 Å². The Morgan fingerprint density at radius 1 is 1.29 bits per heavy atom. The number of carbonyl (C=O) groups excluding carboxylic acids is 2. The summed E-state index contributed by atoms with van der Waals surface area (Å²) in [6.07, 6.45) is 1.66. The molecule has 3 N–H and O–H groups in total. The predicted molar refractivity (Wildman–Crippen MR) is 146 cm³/mol. The van der Waals surface area contributed by atoms with Crippen molar-refractivity contribution in [3.63, 3.8) is 0 Å². The number of rotatable bonds is 9. The summed E-state index contributed by atoms with van der Waals surface area (Å²) < 4.78 is 30.2. The van der Waals surface area contributed by atoms with E-state index in [2.05, 4.69) is 22.5 Å². The van der Waals surface area contributed by atoms with Crippen LogP contribution in [0.25, 0.3) is 0 Å². The molecule has 2 aliphatic carbocycles. The molecule has 1 heterocycles. The molecule has 2 amide bonds. The molecule has 9 nitrogen and oxygen atoms in total. The highest BCUT2D eigenvalue weighted by Crippen LogP contribution is 2.57. The van der Waals surface area contributed by atoms with Crippen molar-refractivity contribution < 1.29 is 27.9 Å². The molecule has 1 aromatic heterocycles. The summed E-state index contributed by atoms with van der Waals surface area (Å²) in [5.74, 6) is -2.06. The van der Waals surface area contributed by atoms with E-state index >= 15 is 0 Å². The van der Waals surface area contributed by atoms with Crippen LogP contribution in [-0.2, 0) is 30.6 Å². The maximum atomic E-state index is 12.7. The fourth-order valence-electron chi connectivity index (χ4n) is 6.27. The van der Waals surface area contributed by atoms with Crippen LogP contribution in [0.5, 0.6) is 0 Å². The highest BCUT2D eigenvalue weighted by Gasteiger charge is 2.53. The van der Waals surface area contributed by atoms with Crippen LogP contribution in [0.1, 0.15) is 50.1 Å². The van der Waals surface area contributed by atoms with Gasteiger partial charge in [-0.05, 0) is 48.6 Å². The molecular weight excluding hydrogens is 526 g/mol. The van der Waals surface area contributed by atoms with Gasteiger partial charge >= 0.3 is 0 Å². The molecule has 0 aliphatic heterocycles. The minimum Gasteiger partial charge on any atom is -0.392 e. The number of aromatic nitrogens is 1. The summed E-state index contributed by atoms with van der Waals surface area (Å²) >= 11 is 1.37. The molecule has 0 radical (unpaired) electrons. The Labute approximate surface area is 228 Å². The standard InChI is InChI=1S/C27H37N3O6S2/c1-16(25(33)28-12-13-36-4)19-10-11-27(3)14-20-23(17(2)22(27)24(19)32)30-26(37-20)29-21(31)15-38(34,35)18-8-6-5-7-9-18/h5-9,16-17,19,22,24,32H,10-15H2,1-4H3,(H,28,33)(H,29,30,31)/t16-,17-,19-,22+,24-,27+/m0/s1. The summed E-state index contributed by atoms with van der Waals surface area (Å²) in [7, 11) is -2.18. The predicted octanol–water partition coefficient (Wildman–Crippen LogP) is 3.01. The first kappa shape index (κ1) is 28.7. The quantitative estimate of drug-likeness (QED) is 0.399. The van der Waals surface area contributed by atoms with Crippen LogP contribution in [0.2, 0.25) is 0 Å². The number of amides is 2. The minimum atomic E-state index is -3.76. The Hall–Kier alpha value is -2.34. The van der Waals surface area contributed by atoms with Crippen molar-refractivity contribution in [1.29, 1.82) is 0 Å². The number of benzene rings is 1. The van der Waals surface area contributed by atoms with Gasteiger partial charge in [0.15, 0.2) is 15.0 Å². The van der Waals surface area contributed by atoms with Gasteiger partial charge in [0.05, 0.1) is 23.3 Å². The van der Waals surface area contributed by atoms with Gasteiger partial charge in [-0.15, -0.1) is 11.3 Å². The molecule has 1 saturated carbocycles. The number of carbonyl (C=O) groups is 2. The normalized spacial score (nSPS) is 27.6. The molecule has 1 fully saturated rings. The zero-order valence-corrected chi connectivity index (χ0v) is 23.9. The zero-order chi connectivity index (χ0) is 27.7. The van der Waals surface area contributed by atoms with Crippen molar-refractivity contribution >= 4 is 38.1 Å². The molecule has 0 bridgehead atoms. The lowest BCUT2D eigenvalue weighted by Gasteiger charge is -2.53. The summed E-state index contributed by atoms with van der Waals surface area (Å²) in [4.78, 5) is 31.2. The third kappa shape index (κ3) is 5.80. The van der Waals surface area contributed by atoms with Gasteiger partial charge in [-0.25, -0.2) is 13.4 Å². The number of aliphatic hydroxyl groups excluding tert-OH is 1. The highest BCUT2D eigenvalue weighted by molar-refractivity contribution is 7.92. The van der Waals surface area contributed by atoms with E-state index in [0.29, 0.717) is 24.7 Å². The molecule has 6 atom stereocenters. The molecule has 2 aromatic rings. The molecule has 2 aliphatic rings. The molecule has 38 heavy (non-hydrogen) atoms. The van der Waals surface area contributed by atoms with E-state index in [9.17, 15) is 23.1 Å². The first-order valence-electron chi connectivity index (χ1n) is 13.0. The number of nitrogens with one attached hydrogen (secondary N) is 2. The van der Waals surface area contributed by atoms with Crippen molar-refractivity contribution in [2.45, 2.75) is 57.0 Å². The molecule has 208 valence electrons. The van der Waals surface area contributed by atoms with Gasteiger partial charge in [0.1, 0.15) is 5.75 Å². The first-order valence-corrected chi connectivity index (χ1v) is 15.5. The van der Waals surface area contributed by atoms with E-state index in [1.807, 2.05) is 13.8 Å². The van der Waals surface area contributed by atoms with Gasteiger partial charge in [-0.3, -0.25) is 9.59 Å². The number of thiazole rings is 1. The average molecular weight is 564 g/mol. The monoisotopic (exact) mass is 563 g/mol. The maximum absolute atomic E-state index is 12.7. The number of ether oxygens (including phenoxy) is 1. The molecule has 0 spiro atoms. The summed E-state index contributed by atoms with van der Waals surface area (Å²) in [5.41, 5.74) is 0.662. The van der Waals surface area contributed by atoms with Gasteiger partial charge in [0, 0.05) is 30.4 Å². The second-order valence-corrected chi connectivity index (χ2v) is 13.9. The number of fused-ring (bicyclic) bond motifs is 2. The number of hydrogen-bond donors (Lipinski definition) is 3. The van der Waals surface area contributed by atoms with E-state index in [0.717, 1.165) is 23.4 Å². The van der Waals surface area contributed by atoms with Crippen molar-refractivity contribution in [3.05, 3.63) is 40.9 Å². The van der Waals surface area contributed by atoms with E-state index < -0.39 is 27.6 Å². The van der Waals surface area contributed by atoms with Gasteiger partial charge in [-0.1, -0.05) is 39.0 Å². The maximum Gasteiger partial charge on any atom is 0.241 e. The van der Waals surface area contributed by atoms with Gasteiger partial charge in [0.2, 0.25) is 11.8 Å². The summed E-state index contributed by atoms with van der Waals surface area (Å²) in [5, 5.41) is 17.5.